The Morgan fingerprint density at radius 1 is 0.895 bits per heavy atom. The Kier molecular flexibility index (Phi) is 1.90. The molecule has 19 heavy (non-hydrogen) atoms. The largest absolute Gasteiger partial charge is 0.353 e. The summed E-state index contributed by atoms with van der Waals surface area (Å²) in [5, 5.41) is 1.87. The van der Waals surface area contributed by atoms with Gasteiger partial charge in [0, 0.05) is 10.9 Å². The molecule has 0 atom stereocenters. The van der Waals surface area contributed by atoms with Crippen LogP contribution in [-0.2, 0) is 0 Å². The maximum atomic E-state index is 12.0. The molecule has 0 bridgehead atoms. The molecular formula is C16H12N2O. The van der Waals surface area contributed by atoms with Gasteiger partial charge in [-0.05, 0) is 36.8 Å². The fourth-order valence-corrected chi connectivity index (χ4v) is 2.67. The van der Waals surface area contributed by atoms with E-state index in [1.807, 2.05) is 6.07 Å². The van der Waals surface area contributed by atoms with Crippen molar-refractivity contribution in [1.29, 1.82) is 0 Å². The molecule has 92 valence electrons. The Bertz CT molecular complexity index is 992. The van der Waals surface area contributed by atoms with Gasteiger partial charge in [0.05, 0.1) is 21.9 Å². The third-order valence-corrected chi connectivity index (χ3v) is 3.58. The van der Waals surface area contributed by atoms with Gasteiger partial charge in [0.2, 0.25) is 0 Å². The molecule has 4 rings (SSSR count). The normalized spacial score (nSPS) is 11.6. The number of benzene rings is 2. The van der Waals surface area contributed by atoms with Crippen LogP contribution in [0.2, 0.25) is 0 Å². The van der Waals surface area contributed by atoms with E-state index >= 15 is 0 Å². The highest BCUT2D eigenvalue weighted by Gasteiger charge is 2.08. The first-order valence-electron chi connectivity index (χ1n) is 6.26. The summed E-state index contributed by atoms with van der Waals surface area (Å²) in [6, 6.07) is 13.7. The van der Waals surface area contributed by atoms with Crippen molar-refractivity contribution in [3.8, 4) is 0 Å². The van der Waals surface area contributed by atoms with Crippen LogP contribution in [0.1, 0.15) is 5.56 Å². The van der Waals surface area contributed by atoms with Crippen LogP contribution in [0.4, 0.5) is 0 Å². The molecule has 0 radical (unpaired) electrons. The minimum absolute atomic E-state index is 0.0482. The van der Waals surface area contributed by atoms with Gasteiger partial charge in [-0.15, -0.1) is 0 Å². The van der Waals surface area contributed by atoms with Crippen molar-refractivity contribution in [2.75, 3.05) is 0 Å². The molecule has 2 aromatic carbocycles. The van der Waals surface area contributed by atoms with Crippen molar-refractivity contribution in [2.45, 2.75) is 6.92 Å². The lowest BCUT2D eigenvalue weighted by molar-refractivity contribution is 1.44. The van der Waals surface area contributed by atoms with Crippen LogP contribution >= 0.6 is 0 Å². The summed E-state index contributed by atoms with van der Waals surface area (Å²) >= 11 is 0. The van der Waals surface area contributed by atoms with Crippen molar-refractivity contribution in [2.24, 2.45) is 0 Å². The molecule has 2 heterocycles. The number of H-pyrrole nitrogens is 2. The van der Waals surface area contributed by atoms with Gasteiger partial charge in [0.15, 0.2) is 5.43 Å². The van der Waals surface area contributed by atoms with Crippen LogP contribution in [0.15, 0.2) is 47.3 Å². The third-order valence-electron chi connectivity index (χ3n) is 3.58. The zero-order valence-electron chi connectivity index (χ0n) is 10.4. The zero-order valence-corrected chi connectivity index (χ0v) is 10.4. The molecule has 2 N–H and O–H groups in total. The van der Waals surface area contributed by atoms with Crippen molar-refractivity contribution in [3.63, 3.8) is 0 Å². The summed E-state index contributed by atoms with van der Waals surface area (Å²) in [4.78, 5) is 18.7. The van der Waals surface area contributed by atoms with Gasteiger partial charge in [-0.2, -0.15) is 0 Å². The van der Waals surface area contributed by atoms with E-state index in [1.54, 1.807) is 12.1 Å². The molecule has 0 saturated carbocycles. The molecule has 0 fully saturated rings. The molecule has 0 saturated heterocycles. The summed E-state index contributed by atoms with van der Waals surface area (Å²) in [5.74, 6) is 0. The fraction of sp³-hybridized carbons (Fsp3) is 0.0625. The summed E-state index contributed by atoms with van der Waals surface area (Å²) in [6.45, 7) is 2.06. The van der Waals surface area contributed by atoms with Crippen LogP contribution in [-0.4, -0.2) is 9.97 Å². The van der Waals surface area contributed by atoms with E-state index in [0.29, 0.717) is 0 Å². The monoisotopic (exact) mass is 248 g/mol. The Morgan fingerprint density at radius 2 is 1.79 bits per heavy atom. The number of aromatic nitrogens is 2. The van der Waals surface area contributed by atoms with E-state index in [-0.39, 0.29) is 5.43 Å². The van der Waals surface area contributed by atoms with Gasteiger partial charge in [-0.1, -0.05) is 18.2 Å². The molecule has 0 unspecified atom stereocenters. The second kappa shape index (κ2) is 3.48. The van der Waals surface area contributed by atoms with Crippen molar-refractivity contribution in [3.05, 3.63) is 58.3 Å². The first kappa shape index (κ1) is 10.4. The fourth-order valence-electron chi connectivity index (χ4n) is 2.67. The van der Waals surface area contributed by atoms with Crippen LogP contribution in [0.25, 0.3) is 32.8 Å². The Morgan fingerprint density at radius 3 is 2.68 bits per heavy atom. The third kappa shape index (κ3) is 1.41. The van der Waals surface area contributed by atoms with Crippen LogP contribution in [0, 0.1) is 6.92 Å². The minimum Gasteiger partial charge on any atom is -0.353 e. The lowest BCUT2D eigenvalue weighted by atomic mass is 10.1. The van der Waals surface area contributed by atoms with Crippen LogP contribution in [0.3, 0.4) is 0 Å². The van der Waals surface area contributed by atoms with Crippen molar-refractivity contribution in [1.82, 2.24) is 9.97 Å². The van der Waals surface area contributed by atoms with Gasteiger partial charge in [0.1, 0.15) is 0 Å². The van der Waals surface area contributed by atoms with E-state index in [1.165, 1.54) is 5.56 Å². The Hall–Kier alpha value is -2.55. The number of hydrogen-bond acceptors (Lipinski definition) is 1. The average Bonchev–Trinajstić information content (AvgIpc) is 2.74. The smallest absolute Gasteiger partial charge is 0.190 e. The molecule has 2 aromatic heterocycles. The molecular weight excluding hydrogens is 236 g/mol. The highest BCUT2D eigenvalue weighted by atomic mass is 16.1. The maximum Gasteiger partial charge on any atom is 0.190 e. The second-order valence-corrected chi connectivity index (χ2v) is 4.95. The van der Waals surface area contributed by atoms with Gasteiger partial charge >= 0.3 is 0 Å². The lowest BCUT2D eigenvalue weighted by Gasteiger charge is -2.01. The number of aryl methyl sites for hydroxylation is 1. The SMILES string of the molecule is Cc1ccc2cc3[nH]c4cccc(=O)c4c3[nH]c2c1. The number of aromatic amines is 2. The Balaban J connectivity index is 2.28. The molecule has 0 aliphatic heterocycles. The predicted octanol–water partition coefficient (Wildman–Crippen LogP) is 3.47. The summed E-state index contributed by atoms with van der Waals surface area (Å²) < 4.78 is 0. The first-order valence-corrected chi connectivity index (χ1v) is 6.26. The minimum atomic E-state index is 0.0482. The topological polar surface area (TPSA) is 48.6 Å². The van der Waals surface area contributed by atoms with E-state index < -0.39 is 0 Å². The molecule has 0 aliphatic rings. The summed E-state index contributed by atoms with van der Waals surface area (Å²) in [6.07, 6.45) is 0. The number of fused-ring (bicyclic) bond motifs is 4. The highest BCUT2D eigenvalue weighted by molar-refractivity contribution is 6.07. The van der Waals surface area contributed by atoms with Crippen LogP contribution in [0.5, 0.6) is 0 Å². The average molecular weight is 248 g/mol. The lowest BCUT2D eigenvalue weighted by Crippen LogP contribution is -1.96. The molecule has 0 spiro atoms. The summed E-state index contributed by atoms with van der Waals surface area (Å²) in [5.41, 5.74) is 5.04. The zero-order chi connectivity index (χ0) is 13.0. The molecule has 0 amide bonds. The van der Waals surface area contributed by atoms with Gasteiger partial charge in [-0.25, -0.2) is 0 Å². The molecule has 3 nitrogen and oxygen atoms in total. The number of hydrogen-bond donors (Lipinski definition) is 2. The van der Waals surface area contributed by atoms with E-state index in [9.17, 15) is 4.79 Å². The highest BCUT2D eigenvalue weighted by Crippen LogP contribution is 2.25. The molecule has 4 aromatic rings. The number of pyridine rings is 1. The standard InChI is InChI=1S/C16H12N2O/c1-9-5-6-10-8-13-16(18-12(10)7-9)15-11(17-13)3-2-4-14(15)19/h2-8,17-18H,1H3. The maximum absolute atomic E-state index is 12.0. The van der Waals surface area contributed by atoms with E-state index in [2.05, 4.69) is 41.2 Å². The van der Waals surface area contributed by atoms with Gasteiger partial charge in [0.25, 0.3) is 0 Å². The summed E-state index contributed by atoms with van der Waals surface area (Å²) in [7, 11) is 0. The van der Waals surface area contributed by atoms with E-state index in [4.69, 9.17) is 0 Å². The van der Waals surface area contributed by atoms with Crippen LogP contribution < -0.4 is 5.43 Å². The molecule has 0 aliphatic carbocycles. The second-order valence-electron chi connectivity index (χ2n) is 4.95. The number of rotatable bonds is 0. The first-order chi connectivity index (χ1) is 9.22. The van der Waals surface area contributed by atoms with Gasteiger partial charge in [-0.3, -0.25) is 4.79 Å². The van der Waals surface area contributed by atoms with E-state index in [0.717, 1.165) is 32.8 Å². The quantitative estimate of drug-likeness (QED) is 0.492. The van der Waals surface area contributed by atoms with Gasteiger partial charge < -0.3 is 9.97 Å². The Labute approximate surface area is 108 Å². The predicted molar refractivity (Wildman–Crippen MR) is 78.7 cm³/mol. The van der Waals surface area contributed by atoms with Crippen molar-refractivity contribution < 1.29 is 0 Å². The number of nitrogens with one attached hydrogen (secondary N) is 2. The van der Waals surface area contributed by atoms with Crippen molar-refractivity contribution >= 4 is 32.8 Å². The molecule has 3 heteroatoms.